The van der Waals surface area contributed by atoms with Crippen molar-refractivity contribution in [2.24, 2.45) is 0 Å². The van der Waals surface area contributed by atoms with E-state index in [0.717, 1.165) is 0 Å². The summed E-state index contributed by atoms with van der Waals surface area (Å²) < 4.78 is 70.1. The van der Waals surface area contributed by atoms with Crippen LogP contribution in [-0.4, -0.2) is 13.9 Å². The molecule has 1 N–H and O–H groups in total. The number of halogens is 5. The Morgan fingerprint density at radius 1 is 1.10 bits per heavy atom. The van der Waals surface area contributed by atoms with Crippen molar-refractivity contribution in [1.82, 2.24) is 0 Å². The largest absolute Gasteiger partial charge is 0.556 e. The molecule has 0 radical (unpaired) electrons. The van der Waals surface area contributed by atoms with Crippen LogP contribution in [0.3, 0.4) is 0 Å². The second-order valence-corrected chi connectivity index (χ2v) is 2.95. The molecule has 0 amide bonds. The fraction of sp³-hybridized carbons (Fsp3) is 1.00. The van der Waals surface area contributed by atoms with Gasteiger partial charge in [0.2, 0.25) is 0 Å². The fourth-order valence-electron chi connectivity index (χ4n) is 0.0875. The van der Waals surface area contributed by atoms with E-state index in [0.29, 0.717) is 0 Å². The summed E-state index contributed by atoms with van der Waals surface area (Å²) in [4.78, 5) is 0. The topological polar surface area (TPSA) is 38.6 Å². The van der Waals surface area contributed by atoms with Crippen molar-refractivity contribution >= 4 is 10.0 Å². The third-order valence-electron chi connectivity index (χ3n) is 0.508. The Bertz CT molecular complexity index is 202. The molecule has 10 heavy (non-hydrogen) atoms. The monoisotopic (exact) mass is 186 g/mol. The van der Waals surface area contributed by atoms with Crippen LogP contribution in [0.1, 0.15) is 0 Å². The highest BCUT2D eigenvalue weighted by Gasteiger charge is 2.57. The highest BCUT2D eigenvalue weighted by atomic mass is 32.2. The van der Waals surface area contributed by atoms with E-state index < -0.39 is 20.3 Å². The van der Waals surface area contributed by atoms with Gasteiger partial charge in [0.25, 0.3) is 0 Å². The molecule has 3 nitrogen and oxygen atoms in total. The van der Waals surface area contributed by atoms with Gasteiger partial charge in [-0.25, -0.2) is 0 Å². The Balaban J connectivity index is 4.79. The summed E-state index contributed by atoms with van der Waals surface area (Å²) in [6.45, 7) is 0. The van der Waals surface area contributed by atoms with E-state index >= 15 is 0 Å². The number of rotatable bonds is 1. The number of hydrogen-bond donors (Lipinski definition) is 1. The van der Waals surface area contributed by atoms with E-state index in [2.05, 4.69) is 0 Å². The molecule has 0 fully saturated rings. The number of quaternary nitrogens is 1. The first-order chi connectivity index (χ1) is 4.19. The molecule has 0 aliphatic carbocycles. The lowest BCUT2D eigenvalue weighted by atomic mass is 11.6. The van der Waals surface area contributed by atoms with E-state index in [1.54, 1.807) is 0 Å². The maximum absolute atomic E-state index is 11.0. The van der Waals surface area contributed by atoms with Gasteiger partial charge in [0.1, 0.15) is 0 Å². The van der Waals surface area contributed by atoms with Crippen molar-refractivity contribution in [2.45, 2.75) is 5.51 Å². The van der Waals surface area contributed by atoms with Crippen LogP contribution in [0.15, 0.2) is 0 Å². The lowest BCUT2D eigenvalue weighted by molar-refractivity contribution is -1.06. The molecule has 0 saturated carbocycles. The zero-order valence-electron chi connectivity index (χ0n) is 4.11. The molecule has 0 spiro atoms. The predicted molar refractivity (Wildman–Crippen MR) is 18.2 cm³/mol. The van der Waals surface area contributed by atoms with Gasteiger partial charge >= 0.3 is 15.5 Å². The summed E-state index contributed by atoms with van der Waals surface area (Å²) in [5.41, 5.74) is -5.90. The number of sulfonamides is 1. The quantitative estimate of drug-likeness (QED) is 0.442. The molecular weight excluding hydrogens is 185 g/mol. The molecule has 62 valence electrons. The van der Waals surface area contributed by atoms with Crippen molar-refractivity contribution in [1.29, 1.82) is 0 Å². The minimum Gasteiger partial charge on any atom is -0.157 e. The van der Waals surface area contributed by atoms with Crippen molar-refractivity contribution in [3.05, 3.63) is 0 Å². The van der Waals surface area contributed by atoms with E-state index in [9.17, 15) is 30.6 Å². The summed E-state index contributed by atoms with van der Waals surface area (Å²) in [6, 6.07) is 0. The Morgan fingerprint density at radius 3 is 1.40 bits per heavy atom. The second-order valence-electron chi connectivity index (χ2n) is 1.17. The predicted octanol–water partition coefficient (Wildman–Crippen LogP) is -0.510. The van der Waals surface area contributed by atoms with Crippen LogP contribution in [-0.2, 0) is 10.0 Å². The molecule has 0 saturated heterocycles. The van der Waals surface area contributed by atoms with Gasteiger partial charge in [-0.2, -0.15) is 21.6 Å². The normalized spacial score (nSPS) is 14.2. The van der Waals surface area contributed by atoms with Gasteiger partial charge in [0.05, 0.1) is 8.96 Å². The molecule has 0 aromatic carbocycles. The lowest BCUT2D eigenvalue weighted by Gasteiger charge is -2.00. The fourth-order valence-corrected chi connectivity index (χ4v) is 0.262. The van der Waals surface area contributed by atoms with Crippen molar-refractivity contribution in [3.63, 3.8) is 0 Å². The minimum atomic E-state index is -6.33. The molecule has 0 aromatic rings. The molecular formula is CHF5NO2S+. The third kappa shape index (κ3) is 1.53. The van der Waals surface area contributed by atoms with E-state index in [1.807, 2.05) is 0 Å². The smallest absolute Gasteiger partial charge is 0.157 e. The molecule has 0 aliphatic rings. The standard InChI is InChI=1S/CF5NO2S/c2-1(3,4)10(8,9)7(5)6/p+1. The average molecular weight is 186 g/mol. The van der Waals surface area contributed by atoms with Gasteiger partial charge in [-0.3, -0.25) is 0 Å². The molecule has 9 heteroatoms. The Hall–Kier alpha value is -0.440. The van der Waals surface area contributed by atoms with Gasteiger partial charge in [0, 0.05) is 0 Å². The van der Waals surface area contributed by atoms with Crippen LogP contribution in [0, 0.1) is 0 Å². The maximum atomic E-state index is 11.0. The van der Waals surface area contributed by atoms with Gasteiger partial charge in [0.15, 0.2) is 4.75 Å². The average Bonchev–Trinajstić information content (AvgIpc) is 1.62. The number of nitrogens with one attached hydrogen (secondary N) is 1. The molecule has 0 unspecified atom stereocenters. The first-order valence-corrected chi connectivity index (χ1v) is 3.17. The van der Waals surface area contributed by atoms with E-state index in [1.165, 1.54) is 0 Å². The van der Waals surface area contributed by atoms with Gasteiger partial charge in [-0.15, -0.1) is 0 Å². The minimum absolute atomic E-state index is 3.64. The summed E-state index contributed by atoms with van der Waals surface area (Å²) in [6.07, 6.45) is 0. The lowest BCUT2D eigenvalue weighted by Crippen LogP contribution is -3.01. The van der Waals surface area contributed by atoms with Crippen LogP contribution in [0.2, 0.25) is 0 Å². The first kappa shape index (κ1) is 9.56. The zero-order valence-corrected chi connectivity index (χ0v) is 4.93. The highest BCUT2D eigenvalue weighted by Crippen LogP contribution is 2.19. The van der Waals surface area contributed by atoms with Crippen LogP contribution in [0.25, 0.3) is 0 Å². The Labute approximate surface area is 52.0 Å². The molecule has 0 atom stereocenters. The Kier molecular flexibility index (Phi) is 2.21. The molecule has 0 heterocycles. The highest BCUT2D eigenvalue weighted by molar-refractivity contribution is 7.85. The van der Waals surface area contributed by atoms with Crippen LogP contribution >= 0.6 is 0 Å². The van der Waals surface area contributed by atoms with Gasteiger partial charge < -0.3 is 0 Å². The van der Waals surface area contributed by atoms with E-state index in [4.69, 9.17) is 0 Å². The summed E-state index contributed by atoms with van der Waals surface area (Å²) in [5, 5.41) is 0. The molecule has 0 aliphatic heterocycles. The number of hydrogen-bond acceptors (Lipinski definition) is 2. The third-order valence-corrected chi connectivity index (χ3v) is 1.52. The second kappa shape index (κ2) is 2.31. The first-order valence-electron chi connectivity index (χ1n) is 1.69. The van der Waals surface area contributed by atoms with Crippen molar-refractivity contribution in [3.8, 4) is 0 Å². The SMILES string of the molecule is O=S(=O)([NH+](F)F)C(F)(F)F. The van der Waals surface area contributed by atoms with Crippen molar-refractivity contribution in [2.75, 3.05) is 0 Å². The van der Waals surface area contributed by atoms with Crippen LogP contribution in [0.4, 0.5) is 22.1 Å². The van der Waals surface area contributed by atoms with Gasteiger partial charge in [-0.05, 0) is 0 Å². The molecule has 0 rings (SSSR count). The van der Waals surface area contributed by atoms with Crippen molar-refractivity contribution < 1.29 is 35.3 Å². The summed E-state index contributed by atoms with van der Waals surface area (Å²) in [7, 11) is -6.33. The molecule has 0 aromatic heterocycles. The summed E-state index contributed by atoms with van der Waals surface area (Å²) >= 11 is 0. The van der Waals surface area contributed by atoms with Crippen LogP contribution in [0.5, 0.6) is 0 Å². The number of alkyl halides is 3. The van der Waals surface area contributed by atoms with Crippen LogP contribution < -0.4 is 4.75 Å². The van der Waals surface area contributed by atoms with Gasteiger partial charge in [-0.1, -0.05) is 0 Å². The zero-order chi connectivity index (χ0) is 8.58. The summed E-state index contributed by atoms with van der Waals surface area (Å²) in [5.74, 6) is 0. The Morgan fingerprint density at radius 2 is 1.40 bits per heavy atom. The maximum Gasteiger partial charge on any atom is 0.556 e. The van der Waals surface area contributed by atoms with E-state index in [-0.39, 0.29) is 0 Å². The molecule has 0 bridgehead atoms.